The molecule has 0 radical (unpaired) electrons. The highest BCUT2D eigenvalue weighted by molar-refractivity contribution is 5.97. The first-order chi connectivity index (χ1) is 18.4. The third kappa shape index (κ3) is 5.05. The van der Waals surface area contributed by atoms with E-state index >= 15 is 0 Å². The lowest BCUT2D eigenvalue weighted by Gasteiger charge is -2.22. The molecule has 2 N–H and O–H groups in total. The Hall–Kier alpha value is -3.65. The summed E-state index contributed by atoms with van der Waals surface area (Å²) in [4.78, 5) is 32.1. The van der Waals surface area contributed by atoms with Gasteiger partial charge in [0.2, 0.25) is 5.43 Å². The number of ether oxygens (including phenoxy) is 1. The lowest BCUT2D eigenvalue weighted by molar-refractivity contribution is -0.158. The Bertz CT molecular complexity index is 1480. The third-order valence-corrected chi connectivity index (χ3v) is 6.90. The molecule has 2 fully saturated rings. The minimum atomic E-state index is -4.78. The SMILES string of the molecule is CO[C@@H]1CN(c2ccc3c(=O)c(C(=O)NC(C4CC4)C(F)(F)F)cn(-c4c(F)cc(F)cc4F)c3n2)C[C@H]1O. The lowest BCUT2D eigenvalue weighted by Crippen LogP contribution is -2.48. The predicted molar refractivity (Wildman–Crippen MR) is 126 cm³/mol. The Morgan fingerprint density at radius 3 is 2.38 bits per heavy atom. The molecule has 3 aromatic rings. The van der Waals surface area contributed by atoms with Crippen LogP contribution in [0.5, 0.6) is 0 Å². The van der Waals surface area contributed by atoms with Gasteiger partial charge < -0.3 is 20.1 Å². The van der Waals surface area contributed by atoms with Crippen LogP contribution in [-0.2, 0) is 4.74 Å². The van der Waals surface area contributed by atoms with Crippen molar-refractivity contribution in [2.75, 3.05) is 25.1 Å². The van der Waals surface area contributed by atoms with E-state index in [1.165, 1.54) is 19.2 Å². The number of anilines is 1. The fraction of sp³-hybridized carbons (Fsp3) is 0.400. The number of carbonyl (C=O) groups is 1. The molecule has 3 atom stereocenters. The molecule has 0 spiro atoms. The molecule has 0 bridgehead atoms. The summed E-state index contributed by atoms with van der Waals surface area (Å²) in [5.74, 6) is -6.10. The minimum Gasteiger partial charge on any atom is -0.388 e. The molecule has 5 rings (SSSR count). The van der Waals surface area contributed by atoms with E-state index in [9.17, 15) is 41.0 Å². The summed E-state index contributed by atoms with van der Waals surface area (Å²) in [5.41, 5.74) is -3.07. The van der Waals surface area contributed by atoms with E-state index in [2.05, 4.69) is 4.98 Å². The van der Waals surface area contributed by atoms with Gasteiger partial charge in [-0.1, -0.05) is 0 Å². The number of amides is 1. The largest absolute Gasteiger partial charge is 0.408 e. The van der Waals surface area contributed by atoms with Crippen molar-refractivity contribution in [2.24, 2.45) is 5.92 Å². The summed E-state index contributed by atoms with van der Waals surface area (Å²) in [5, 5.41) is 11.7. The first kappa shape index (κ1) is 26.9. The van der Waals surface area contributed by atoms with Gasteiger partial charge in [0, 0.05) is 38.5 Å². The number of benzene rings is 1. The van der Waals surface area contributed by atoms with Crippen molar-refractivity contribution in [3.8, 4) is 5.69 Å². The Kier molecular flexibility index (Phi) is 6.79. The molecule has 3 heterocycles. The number of alkyl halides is 3. The number of aromatic nitrogens is 2. The molecule has 8 nitrogen and oxygen atoms in total. The van der Waals surface area contributed by atoms with E-state index in [4.69, 9.17) is 4.74 Å². The molecule has 1 aliphatic carbocycles. The highest BCUT2D eigenvalue weighted by atomic mass is 19.4. The van der Waals surface area contributed by atoms with Crippen molar-refractivity contribution in [3.05, 3.63) is 63.7 Å². The van der Waals surface area contributed by atoms with Crippen LogP contribution < -0.4 is 15.6 Å². The first-order valence-electron chi connectivity index (χ1n) is 11.9. The van der Waals surface area contributed by atoms with Crippen LogP contribution in [0.25, 0.3) is 16.7 Å². The molecule has 2 aromatic heterocycles. The van der Waals surface area contributed by atoms with Gasteiger partial charge in [-0.3, -0.25) is 14.2 Å². The fourth-order valence-electron chi connectivity index (χ4n) is 4.76. The number of carbonyl (C=O) groups excluding carboxylic acids is 1. The number of pyridine rings is 2. The molecule has 14 heteroatoms. The number of fused-ring (bicyclic) bond motifs is 1. The Labute approximate surface area is 216 Å². The second-order valence-electron chi connectivity index (χ2n) is 9.58. The highest BCUT2D eigenvalue weighted by Crippen LogP contribution is 2.40. The van der Waals surface area contributed by atoms with Gasteiger partial charge in [0.15, 0.2) is 17.3 Å². The van der Waals surface area contributed by atoms with Gasteiger partial charge in [0.1, 0.15) is 35.0 Å². The van der Waals surface area contributed by atoms with Crippen molar-refractivity contribution in [1.29, 1.82) is 0 Å². The van der Waals surface area contributed by atoms with E-state index in [0.29, 0.717) is 22.9 Å². The minimum absolute atomic E-state index is 0.0843. The number of rotatable bonds is 6. The topological polar surface area (TPSA) is 96.7 Å². The number of aliphatic hydroxyl groups excluding tert-OH is 1. The van der Waals surface area contributed by atoms with Crippen molar-refractivity contribution in [1.82, 2.24) is 14.9 Å². The second kappa shape index (κ2) is 9.83. The number of halogens is 6. The van der Waals surface area contributed by atoms with Crippen LogP contribution in [0.4, 0.5) is 32.2 Å². The summed E-state index contributed by atoms with van der Waals surface area (Å²) < 4.78 is 89.9. The maximum Gasteiger partial charge on any atom is 0.408 e. The van der Waals surface area contributed by atoms with E-state index in [0.717, 1.165) is 0 Å². The summed E-state index contributed by atoms with van der Waals surface area (Å²) >= 11 is 0. The van der Waals surface area contributed by atoms with Crippen LogP contribution in [0, 0.1) is 23.4 Å². The molecular weight excluding hydrogens is 534 g/mol. The van der Waals surface area contributed by atoms with Crippen molar-refractivity contribution in [2.45, 2.75) is 37.3 Å². The summed E-state index contributed by atoms with van der Waals surface area (Å²) in [6.07, 6.45) is -5.05. The number of methoxy groups -OCH3 is 1. The maximum atomic E-state index is 14.9. The summed E-state index contributed by atoms with van der Waals surface area (Å²) in [6.45, 7) is 0.279. The van der Waals surface area contributed by atoms with E-state index in [-0.39, 0.29) is 42.8 Å². The van der Waals surface area contributed by atoms with Crippen molar-refractivity contribution < 1.29 is 41.0 Å². The van der Waals surface area contributed by atoms with Crippen LogP contribution in [0.1, 0.15) is 23.2 Å². The van der Waals surface area contributed by atoms with Gasteiger partial charge in [-0.05, 0) is 30.9 Å². The smallest absolute Gasteiger partial charge is 0.388 e. The molecule has 208 valence electrons. The van der Waals surface area contributed by atoms with Gasteiger partial charge in [0.25, 0.3) is 5.91 Å². The van der Waals surface area contributed by atoms with E-state index in [1.807, 2.05) is 5.32 Å². The van der Waals surface area contributed by atoms with Gasteiger partial charge >= 0.3 is 6.18 Å². The van der Waals surface area contributed by atoms with Gasteiger partial charge in [-0.25, -0.2) is 18.2 Å². The number of aliphatic hydroxyl groups is 1. The summed E-state index contributed by atoms with van der Waals surface area (Å²) in [6, 6.07) is 1.11. The average Bonchev–Trinajstić information content (AvgIpc) is 3.62. The molecule has 1 saturated carbocycles. The van der Waals surface area contributed by atoms with Crippen LogP contribution in [0.15, 0.2) is 35.3 Å². The quantitative estimate of drug-likeness (QED) is 0.454. The molecular formula is C25H22F6N4O4. The molecule has 1 aliphatic heterocycles. The Morgan fingerprint density at radius 1 is 1.15 bits per heavy atom. The molecule has 39 heavy (non-hydrogen) atoms. The average molecular weight is 556 g/mol. The number of hydrogen-bond acceptors (Lipinski definition) is 6. The second-order valence-corrected chi connectivity index (χ2v) is 9.58. The Balaban J connectivity index is 1.67. The standard InChI is InChI=1S/C25H22F6N4O4/c1-39-18-10-34(9-17(18)36)19-5-4-13-21(37)14(24(38)33-22(11-2-3-11)25(29,30)31)8-35(23(13)32-19)20-15(27)6-12(26)7-16(20)28/h4-8,11,17-18,22,36H,2-3,9-10H2,1H3,(H,33,38)/t17-,18-,22?/m1/s1. The first-order valence-corrected chi connectivity index (χ1v) is 11.9. The van der Waals surface area contributed by atoms with Crippen LogP contribution >= 0.6 is 0 Å². The van der Waals surface area contributed by atoms with Crippen LogP contribution in [-0.4, -0.2) is 65.2 Å². The lowest BCUT2D eigenvalue weighted by atomic mass is 10.1. The zero-order valence-corrected chi connectivity index (χ0v) is 20.3. The van der Waals surface area contributed by atoms with Gasteiger partial charge in [-0.2, -0.15) is 13.2 Å². The third-order valence-electron chi connectivity index (χ3n) is 6.90. The number of nitrogens with one attached hydrogen (secondary N) is 1. The molecule has 2 aliphatic rings. The van der Waals surface area contributed by atoms with E-state index in [1.54, 1.807) is 4.90 Å². The fourth-order valence-corrected chi connectivity index (χ4v) is 4.76. The van der Waals surface area contributed by atoms with E-state index < -0.39 is 70.4 Å². The van der Waals surface area contributed by atoms with Gasteiger partial charge in [-0.15, -0.1) is 0 Å². The van der Waals surface area contributed by atoms with Crippen molar-refractivity contribution in [3.63, 3.8) is 0 Å². The predicted octanol–water partition coefficient (Wildman–Crippen LogP) is 3.07. The zero-order chi connectivity index (χ0) is 28.2. The molecule has 1 amide bonds. The normalized spacial score (nSPS) is 20.5. The molecule has 1 aromatic carbocycles. The zero-order valence-electron chi connectivity index (χ0n) is 20.3. The van der Waals surface area contributed by atoms with Gasteiger partial charge in [0.05, 0.1) is 11.5 Å². The highest BCUT2D eigenvalue weighted by Gasteiger charge is 2.50. The number of β-amino-alcohol motifs (C(OH)–C–C–N with tert-alkyl or cyclic N) is 1. The number of nitrogens with zero attached hydrogens (tertiary/aromatic N) is 3. The summed E-state index contributed by atoms with van der Waals surface area (Å²) in [7, 11) is 1.40. The van der Waals surface area contributed by atoms with Crippen molar-refractivity contribution >= 4 is 22.8 Å². The Morgan fingerprint density at radius 2 is 1.82 bits per heavy atom. The molecule has 1 saturated heterocycles. The number of hydrogen-bond donors (Lipinski definition) is 2. The maximum absolute atomic E-state index is 14.9. The molecule has 1 unspecified atom stereocenters. The van der Waals surface area contributed by atoms with Crippen LogP contribution in [0.3, 0.4) is 0 Å². The monoisotopic (exact) mass is 556 g/mol. The van der Waals surface area contributed by atoms with Crippen LogP contribution in [0.2, 0.25) is 0 Å².